The molecule has 0 spiro atoms. The lowest BCUT2D eigenvalue weighted by molar-refractivity contribution is -0.113. The molecule has 0 bridgehead atoms. The Hall–Kier alpha value is -2.52. The Morgan fingerprint density at radius 2 is 1.92 bits per heavy atom. The molecule has 0 saturated heterocycles. The standard InChI is InChI=1S/C16H10F2N4OS2/c17-9-5-10(18)7-11(6-9)19-14(23)8-24-15-20-21-16-22(15)12-3-1-2-4-13(12)25-16/h1-7H,8H2,(H,19,23). The molecule has 0 atom stereocenters. The first-order valence-corrected chi connectivity index (χ1v) is 9.02. The van der Waals surface area contributed by atoms with Crippen molar-refractivity contribution in [3.05, 3.63) is 54.1 Å². The van der Waals surface area contributed by atoms with E-state index in [1.807, 2.05) is 28.7 Å². The van der Waals surface area contributed by atoms with Crippen LogP contribution in [0.3, 0.4) is 0 Å². The number of fused-ring (bicyclic) bond motifs is 3. The summed E-state index contributed by atoms with van der Waals surface area (Å²) in [6.07, 6.45) is 0. The van der Waals surface area contributed by atoms with E-state index in [-0.39, 0.29) is 17.3 Å². The van der Waals surface area contributed by atoms with E-state index in [1.54, 1.807) is 0 Å². The quantitative estimate of drug-likeness (QED) is 0.548. The molecule has 25 heavy (non-hydrogen) atoms. The van der Waals surface area contributed by atoms with Gasteiger partial charge < -0.3 is 5.32 Å². The van der Waals surface area contributed by atoms with Crippen molar-refractivity contribution >= 4 is 49.9 Å². The van der Waals surface area contributed by atoms with Crippen LogP contribution >= 0.6 is 23.1 Å². The molecule has 0 radical (unpaired) electrons. The summed E-state index contributed by atoms with van der Waals surface area (Å²) in [5.74, 6) is -1.83. The molecule has 0 aliphatic rings. The van der Waals surface area contributed by atoms with Crippen LogP contribution in [0.2, 0.25) is 0 Å². The molecule has 0 fully saturated rings. The van der Waals surface area contributed by atoms with Crippen LogP contribution in [0.4, 0.5) is 14.5 Å². The van der Waals surface area contributed by atoms with Gasteiger partial charge in [-0.05, 0) is 24.3 Å². The highest BCUT2D eigenvalue weighted by Gasteiger charge is 2.14. The van der Waals surface area contributed by atoms with Crippen molar-refractivity contribution in [3.63, 3.8) is 0 Å². The lowest BCUT2D eigenvalue weighted by atomic mass is 10.3. The number of thioether (sulfide) groups is 1. The third-order valence-electron chi connectivity index (χ3n) is 3.39. The van der Waals surface area contributed by atoms with E-state index < -0.39 is 11.6 Å². The number of benzene rings is 2. The van der Waals surface area contributed by atoms with Gasteiger partial charge in [0.1, 0.15) is 11.6 Å². The second-order valence-corrected chi connectivity index (χ2v) is 7.12. The van der Waals surface area contributed by atoms with Crippen molar-refractivity contribution < 1.29 is 13.6 Å². The molecule has 0 unspecified atom stereocenters. The van der Waals surface area contributed by atoms with E-state index in [0.29, 0.717) is 5.16 Å². The van der Waals surface area contributed by atoms with Gasteiger partial charge in [0, 0.05) is 11.8 Å². The number of aromatic nitrogens is 3. The van der Waals surface area contributed by atoms with Crippen LogP contribution < -0.4 is 5.32 Å². The molecule has 4 aromatic rings. The number of thiazole rings is 1. The van der Waals surface area contributed by atoms with Crippen molar-refractivity contribution in [1.29, 1.82) is 0 Å². The second kappa shape index (κ2) is 6.41. The fourth-order valence-corrected chi connectivity index (χ4v) is 4.17. The van der Waals surface area contributed by atoms with Gasteiger partial charge in [-0.3, -0.25) is 9.20 Å². The third kappa shape index (κ3) is 3.20. The maximum absolute atomic E-state index is 13.2. The van der Waals surface area contributed by atoms with Gasteiger partial charge in [-0.1, -0.05) is 35.2 Å². The number of amides is 1. The number of nitrogens with zero attached hydrogens (tertiary/aromatic N) is 3. The highest BCUT2D eigenvalue weighted by Crippen LogP contribution is 2.29. The van der Waals surface area contributed by atoms with Gasteiger partial charge >= 0.3 is 0 Å². The number of para-hydroxylation sites is 1. The molecule has 1 N–H and O–H groups in total. The van der Waals surface area contributed by atoms with Crippen LogP contribution in [-0.2, 0) is 4.79 Å². The van der Waals surface area contributed by atoms with Gasteiger partial charge in [-0.2, -0.15) is 0 Å². The third-order valence-corrected chi connectivity index (χ3v) is 5.33. The molecule has 4 rings (SSSR count). The summed E-state index contributed by atoms with van der Waals surface area (Å²) in [7, 11) is 0. The van der Waals surface area contributed by atoms with Crippen LogP contribution in [-0.4, -0.2) is 26.3 Å². The van der Waals surface area contributed by atoms with Gasteiger partial charge in [0.25, 0.3) is 0 Å². The maximum Gasteiger partial charge on any atom is 0.234 e. The van der Waals surface area contributed by atoms with E-state index in [9.17, 15) is 13.6 Å². The molecule has 5 nitrogen and oxygen atoms in total. The Balaban J connectivity index is 1.51. The Morgan fingerprint density at radius 3 is 2.72 bits per heavy atom. The number of rotatable bonds is 4. The minimum Gasteiger partial charge on any atom is -0.325 e. The van der Waals surface area contributed by atoms with E-state index in [1.165, 1.54) is 23.1 Å². The second-order valence-electron chi connectivity index (χ2n) is 5.17. The number of anilines is 1. The first-order valence-electron chi connectivity index (χ1n) is 7.21. The Kier molecular flexibility index (Phi) is 4.10. The Morgan fingerprint density at radius 1 is 1.16 bits per heavy atom. The number of carbonyl (C=O) groups excluding carboxylic acids is 1. The van der Waals surface area contributed by atoms with Gasteiger partial charge in [-0.15, -0.1) is 10.2 Å². The average molecular weight is 376 g/mol. The molecule has 2 aromatic carbocycles. The first-order chi connectivity index (χ1) is 12.1. The minimum absolute atomic E-state index is 0.0447. The van der Waals surface area contributed by atoms with Crippen molar-refractivity contribution in [2.45, 2.75) is 5.16 Å². The van der Waals surface area contributed by atoms with E-state index in [2.05, 4.69) is 15.5 Å². The van der Waals surface area contributed by atoms with Crippen molar-refractivity contribution in [2.75, 3.05) is 11.1 Å². The summed E-state index contributed by atoms with van der Waals surface area (Å²) in [6.45, 7) is 0. The Bertz CT molecular complexity index is 1070. The molecular weight excluding hydrogens is 366 g/mol. The van der Waals surface area contributed by atoms with Crippen LogP contribution in [0.15, 0.2) is 47.6 Å². The van der Waals surface area contributed by atoms with Crippen LogP contribution in [0.5, 0.6) is 0 Å². The fourth-order valence-electron chi connectivity index (χ4n) is 2.40. The average Bonchev–Trinajstić information content (AvgIpc) is 3.11. The number of hydrogen-bond acceptors (Lipinski definition) is 5. The monoisotopic (exact) mass is 376 g/mol. The molecule has 0 aliphatic carbocycles. The van der Waals surface area contributed by atoms with Crippen molar-refractivity contribution in [3.8, 4) is 0 Å². The summed E-state index contributed by atoms with van der Waals surface area (Å²) >= 11 is 2.72. The van der Waals surface area contributed by atoms with Crippen molar-refractivity contribution in [2.24, 2.45) is 0 Å². The summed E-state index contributed by atoms with van der Waals surface area (Å²) < 4.78 is 29.3. The van der Waals surface area contributed by atoms with Gasteiger partial charge in [0.2, 0.25) is 10.9 Å². The molecule has 2 heterocycles. The van der Waals surface area contributed by atoms with Crippen molar-refractivity contribution in [1.82, 2.24) is 14.6 Å². The van der Waals surface area contributed by atoms with Crippen LogP contribution in [0.25, 0.3) is 15.2 Å². The molecular formula is C16H10F2N4OS2. The Labute approximate surface area is 148 Å². The molecule has 9 heteroatoms. The predicted molar refractivity (Wildman–Crippen MR) is 94.1 cm³/mol. The summed E-state index contributed by atoms with van der Waals surface area (Å²) in [5, 5.41) is 11.3. The van der Waals surface area contributed by atoms with E-state index >= 15 is 0 Å². The van der Waals surface area contributed by atoms with E-state index in [4.69, 9.17) is 0 Å². The molecule has 1 amide bonds. The minimum atomic E-state index is -0.744. The van der Waals surface area contributed by atoms with E-state index in [0.717, 1.165) is 33.4 Å². The molecule has 126 valence electrons. The summed E-state index contributed by atoms with van der Waals surface area (Å²) in [5.41, 5.74) is 1.05. The SMILES string of the molecule is O=C(CSc1nnc2sc3ccccc3n12)Nc1cc(F)cc(F)c1. The molecule has 0 aliphatic heterocycles. The lowest BCUT2D eigenvalue weighted by Gasteiger charge is -2.05. The normalized spacial score (nSPS) is 11.3. The predicted octanol–water partition coefficient (Wildman–Crippen LogP) is 3.95. The molecule has 2 aromatic heterocycles. The summed E-state index contributed by atoms with van der Waals surface area (Å²) in [4.78, 5) is 12.8. The zero-order valence-corrected chi connectivity index (χ0v) is 14.2. The van der Waals surface area contributed by atoms with Gasteiger partial charge in [0.05, 0.1) is 16.0 Å². The molecule has 0 saturated carbocycles. The topological polar surface area (TPSA) is 59.3 Å². The summed E-state index contributed by atoms with van der Waals surface area (Å²) in [6, 6.07) is 10.7. The number of hydrogen-bond donors (Lipinski definition) is 1. The van der Waals surface area contributed by atoms with Gasteiger partial charge in [-0.25, -0.2) is 8.78 Å². The zero-order chi connectivity index (χ0) is 17.4. The van der Waals surface area contributed by atoms with Gasteiger partial charge in [0.15, 0.2) is 5.16 Å². The fraction of sp³-hybridized carbons (Fsp3) is 0.0625. The number of nitrogens with one attached hydrogen (secondary N) is 1. The number of halogens is 2. The highest BCUT2D eigenvalue weighted by molar-refractivity contribution is 7.99. The van der Waals surface area contributed by atoms with Crippen LogP contribution in [0.1, 0.15) is 0 Å². The van der Waals surface area contributed by atoms with Crippen LogP contribution in [0, 0.1) is 11.6 Å². The highest BCUT2D eigenvalue weighted by atomic mass is 32.2. The maximum atomic E-state index is 13.2. The lowest BCUT2D eigenvalue weighted by Crippen LogP contribution is -2.14. The smallest absolute Gasteiger partial charge is 0.234 e. The first kappa shape index (κ1) is 16.0. The number of carbonyl (C=O) groups is 1. The zero-order valence-electron chi connectivity index (χ0n) is 12.6. The largest absolute Gasteiger partial charge is 0.325 e.